The van der Waals surface area contributed by atoms with Crippen molar-refractivity contribution in [1.29, 1.82) is 0 Å². The van der Waals surface area contributed by atoms with E-state index in [1.807, 2.05) is 25.1 Å². The molecule has 3 heterocycles. The second-order valence-electron chi connectivity index (χ2n) is 9.02. The van der Waals surface area contributed by atoms with Gasteiger partial charge in [-0.2, -0.15) is 0 Å². The van der Waals surface area contributed by atoms with Gasteiger partial charge in [-0.3, -0.25) is 4.98 Å². The number of rotatable bonds is 7. The van der Waals surface area contributed by atoms with Crippen molar-refractivity contribution in [3.05, 3.63) is 72.9 Å². The average Bonchev–Trinajstić information content (AvgIpc) is 2.99. The molecule has 2 aromatic rings. The zero-order valence-corrected chi connectivity index (χ0v) is 21.4. The lowest BCUT2D eigenvalue weighted by atomic mass is 9.98. The Morgan fingerprint density at radius 3 is 2.56 bits per heavy atom. The zero-order chi connectivity index (χ0) is 25.5. The molecule has 1 saturated heterocycles. The standard InChI is InChI=1S/C28H35N3O5/c1-18-15-20(23-12-14-30-27(31-23)21-10-8-13-29-17-21)9-6-7-11-22(16-18)36-28-26(34-5)25(33-4)24(32-3)19(2)35-28/h6,8-10,12-15,17,19,22,24-26,28H,1,7,11,16H2,2-5H3/b9-6-,20-15+/t19-,22?,24-,25+,26+,28-/m0/s1. The number of pyridine rings is 1. The van der Waals surface area contributed by atoms with Crippen LogP contribution in [0, 0.1) is 0 Å². The molecular weight excluding hydrogens is 458 g/mol. The third-order valence-corrected chi connectivity index (χ3v) is 6.54. The van der Waals surface area contributed by atoms with Crippen molar-refractivity contribution in [3.8, 4) is 11.4 Å². The second kappa shape index (κ2) is 12.5. The molecule has 192 valence electrons. The first-order valence-corrected chi connectivity index (χ1v) is 12.2. The molecule has 0 N–H and O–H groups in total. The molecule has 1 aliphatic heterocycles. The zero-order valence-electron chi connectivity index (χ0n) is 21.4. The molecule has 4 rings (SSSR count). The maximum absolute atomic E-state index is 6.47. The Balaban J connectivity index is 1.50. The molecule has 6 atom stereocenters. The third kappa shape index (κ3) is 6.14. The van der Waals surface area contributed by atoms with Crippen molar-refractivity contribution in [3.63, 3.8) is 0 Å². The van der Waals surface area contributed by atoms with E-state index in [2.05, 4.69) is 34.8 Å². The van der Waals surface area contributed by atoms with E-state index >= 15 is 0 Å². The minimum atomic E-state index is -0.573. The predicted molar refractivity (Wildman–Crippen MR) is 137 cm³/mol. The fraction of sp³-hybridized carbons (Fsp3) is 0.464. The molecule has 0 spiro atoms. The summed E-state index contributed by atoms with van der Waals surface area (Å²) in [6.45, 7) is 6.27. The minimum absolute atomic E-state index is 0.0967. The van der Waals surface area contributed by atoms with E-state index in [0.717, 1.165) is 35.2 Å². The van der Waals surface area contributed by atoms with Gasteiger partial charge in [0.25, 0.3) is 0 Å². The van der Waals surface area contributed by atoms with Crippen LogP contribution in [0.5, 0.6) is 0 Å². The molecule has 8 nitrogen and oxygen atoms in total. The van der Waals surface area contributed by atoms with Gasteiger partial charge in [0.1, 0.15) is 18.3 Å². The van der Waals surface area contributed by atoms with Crippen molar-refractivity contribution < 1.29 is 23.7 Å². The van der Waals surface area contributed by atoms with Gasteiger partial charge in [0.2, 0.25) is 0 Å². The SMILES string of the molecule is C=C1/C=C(c2ccnc(-c3cccnc3)n2)\C=C/CCC(O[C@@H]2O[C@@H](C)[C@H](OC)[C@@H](OC)[C@H]2OC)C1. The molecule has 0 bridgehead atoms. The van der Waals surface area contributed by atoms with E-state index in [1.165, 1.54) is 0 Å². The monoisotopic (exact) mass is 493 g/mol. The van der Waals surface area contributed by atoms with Gasteiger partial charge in [0.05, 0.1) is 17.9 Å². The smallest absolute Gasteiger partial charge is 0.187 e. The van der Waals surface area contributed by atoms with Crippen molar-refractivity contribution in [2.45, 2.75) is 63.0 Å². The molecule has 0 amide bonds. The molecule has 1 fully saturated rings. The fourth-order valence-electron chi connectivity index (χ4n) is 4.76. The molecule has 2 aromatic heterocycles. The maximum atomic E-state index is 6.47. The Kier molecular flexibility index (Phi) is 9.12. The number of aromatic nitrogens is 3. The van der Waals surface area contributed by atoms with Gasteiger partial charge < -0.3 is 23.7 Å². The Morgan fingerprint density at radius 1 is 1.03 bits per heavy atom. The van der Waals surface area contributed by atoms with Crippen LogP contribution in [0.15, 0.2) is 67.2 Å². The van der Waals surface area contributed by atoms with Gasteiger partial charge >= 0.3 is 0 Å². The Bertz CT molecular complexity index is 1070. The summed E-state index contributed by atoms with van der Waals surface area (Å²) in [5, 5.41) is 0. The van der Waals surface area contributed by atoms with E-state index in [0.29, 0.717) is 12.2 Å². The predicted octanol–water partition coefficient (Wildman–Crippen LogP) is 4.39. The van der Waals surface area contributed by atoms with Gasteiger partial charge in [0, 0.05) is 51.1 Å². The molecule has 0 aromatic carbocycles. The first kappa shape index (κ1) is 26.3. The van der Waals surface area contributed by atoms with Crippen LogP contribution >= 0.6 is 0 Å². The van der Waals surface area contributed by atoms with E-state index in [4.69, 9.17) is 28.7 Å². The Morgan fingerprint density at radius 2 is 1.83 bits per heavy atom. The van der Waals surface area contributed by atoms with Crippen LogP contribution < -0.4 is 0 Å². The van der Waals surface area contributed by atoms with Crippen LogP contribution in [0.2, 0.25) is 0 Å². The summed E-state index contributed by atoms with van der Waals surface area (Å²) in [7, 11) is 4.95. The molecule has 0 radical (unpaired) electrons. The molecule has 8 heteroatoms. The van der Waals surface area contributed by atoms with Crippen LogP contribution in [0.4, 0.5) is 0 Å². The first-order valence-electron chi connectivity index (χ1n) is 12.2. The van der Waals surface area contributed by atoms with Gasteiger partial charge in [-0.15, -0.1) is 0 Å². The van der Waals surface area contributed by atoms with Gasteiger partial charge in [-0.05, 0) is 44.4 Å². The van der Waals surface area contributed by atoms with Crippen molar-refractivity contribution >= 4 is 5.57 Å². The Hall–Kier alpha value is -2.75. The van der Waals surface area contributed by atoms with E-state index in [1.54, 1.807) is 39.9 Å². The van der Waals surface area contributed by atoms with E-state index in [9.17, 15) is 0 Å². The highest BCUT2D eigenvalue weighted by atomic mass is 16.7. The number of allylic oxidation sites excluding steroid dienone is 4. The molecule has 2 aliphatic rings. The number of nitrogens with zero attached hydrogens (tertiary/aromatic N) is 3. The van der Waals surface area contributed by atoms with Crippen LogP contribution in [0.25, 0.3) is 17.0 Å². The molecule has 1 unspecified atom stereocenters. The highest BCUT2D eigenvalue weighted by Gasteiger charge is 2.46. The second-order valence-corrected chi connectivity index (χ2v) is 9.02. The molecule has 1 aliphatic carbocycles. The van der Waals surface area contributed by atoms with Crippen LogP contribution in [-0.2, 0) is 23.7 Å². The number of hydrogen-bond donors (Lipinski definition) is 0. The number of ether oxygens (including phenoxy) is 5. The lowest BCUT2D eigenvalue weighted by Crippen LogP contribution is -2.59. The number of hydrogen-bond acceptors (Lipinski definition) is 8. The van der Waals surface area contributed by atoms with Crippen LogP contribution in [-0.4, -0.2) is 73.1 Å². The van der Waals surface area contributed by atoms with E-state index in [-0.39, 0.29) is 24.4 Å². The first-order chi connectivity index (χ1) is 17.5. The van der Waals surface area contributed by atoms with Crippen LogP contribution in [0.3, 0.4) is 0 Å². The third-order valence-electron chi connectivity index (χ3n) is 6.54. The van der Waals surface area contributed by atoms with Gasteiger partial charge in [0.15, 0.2) is 12.1 Å². The summed E-state index contributed by atoms with van der Waals surface area (Å²) in [6.07, 6.45) is 12.0. The topological polar surface area (TPSA) is 84.8 Å². The highest BCUT2D eigenvalue weighted by Crippen LogP contribution is 2.31. The van der Waals surface area contributed by atoms with Crippen molar-refractivity contribution in [2.75, 3.05) is 21.3 Å². The highest BCUT2D eigenvalue weighted by molar-refractivity contribution is 5.74. The quantitative estimate of drug-likeness (QED) is 0.561. The minimum Gasteiger partial charge on any atom is -0.376 e. The summed E-state index contributed by atoms with van der Waals surface area (Å²) < 4.78 is 29.7. The maximum Gasteiger partial charge on any atom is 0.187 e. The summed E-state index contributed by atoms with van der Waals surface area (Å²) in [6, 6.07) is 5.74. The Labute approximate surface area is 213 Å². The summed E-state index contributed by atoms with van der Waals surface area (Å²) in [5.74, 6) is 0.637. The summed E-state index contributed by atoms with van der Waals surface area (Å²) in [4.78, 5) is 13.4. The van der Waals surface area contributed by atoms with Gasteiger partial charge in [-0.1, -0.05) is 30.4 Å². The summed E-state index contributed by atoms with van der Waals surface area (Å²) >= 11 is 0. The molecule has 0 saturated carbocycles. The molecular formula is C28H35N3O5. The van der Waals surface area contributed by atoms with Crippen molar-refractivity contribution in [2.24, 2.45) is 0 Å². The van der Waals surface area contributed by atoms with Crippen molar-refractivity contribution in [1.82, 2.24) is 15.0 Å². The van der Waals surface area contributed by atoms with E-state index < -0.39 is 12.4 Å². The average molecular weight is 494 g/mol. The van der Waals surface area contributed by atoms with Crippen LogP contribution in [0.1, 0.15) is 31.9 Å². The largest absolute Gasteiger partial charge is 0.376 e. The normalized spacial score (nSPS) is 31.6. The molecule has 36 heavy (non-hydrogen) atoms. The summed E-state index contributed by atoms with van der Waals surface area (Å²) in [5.41, 5.74) is 3.63. The fourth-order valence-corrected chi connectivity index (χ4v) is 4.76. The lowest BCUT2D eigenvalue weighted by Gasteiger charge is -2.44. The number of methoxy groups -OCH3 is 3. The van der Waals surface area contributed by atoms with Gasteiger partial charge in [-0.25, -0.2) is 9.97 Å². The lowest BCUT2D eigenvalue weighted by molar-refractivity contribution is -0.315.